The number of carbonyl (C=O) groups is 2. The molecule has 8 nitrogen and oxygen atoms in total. The van der Waals surface area contributed by atoms with Gasteiger partial charge < -0.3 is 15.4 Å². The molecule has 0 bridgehead atoms. The van der Waals surface area contributed by atoms with Crippen molar-refractivity contribution in [3.63, 3.8) is 0 Å². The Morgan fingerprint density at radius 1 is 1.00 bits per heavy atom. The van der Waals surface area contributed by atoms with E-state index in [9.17, 15) is 18.0 Å². The van der Waals surface area contributed by atoms with Gasteiger partial charge in [0.2, 0.25) is 16.1 Å². The van der Waals surface area contributed by atoms with Crippen molar-refractivity contribution in [2.24, 2.45) is 0 Å². The number of ether oxygens (including phenoxy) is 1. The van der Waals surface area contributed by atoms with E-state index in [4.69, 9.17) is 4.74 Å². The Morgan fingerprint density at radius 2 is 1.69 bits per heavy atom. The van der Waals surface area contributed by atoms with Gasteiger partial charge in [0.1, 0.15) is 5.75 Å². The number of sulfonamides is 1. The molecule has 9 heteroatoms. The van der Waals surface area contributed by atoms with Crippen molar-refractivity contribution in [3.05, 3.63) is 83.9 Å². The Kier molecular flexibility index (Phi) is 5.68. The van der Waals surface area contributed by atoms with Crippen molar-refractivity contribution in [2.45, 2.75) is 11.0 Å². The summed E-state index contributed by atoms with van der Waals surface area (Å²) in [6, 6.07) is 19.8. The lowest BCUT2D eigenvalue weighted by molar-refractivity contribution is -0.123. The second-order valence-corrected chi connectivity index (χ2v) is 9.53. The van der Waals surface area contributed by atoms with E-state index >= 15 is 0 Å². The number of nitrogens with one attached hydrogen (secondary N) is 2. The smallest absolute Gasteiger partial charge is 0.270 e. The van der Waals surface area contributed by atoms with Crippen LogP contribution in [0.15, 0.2) is 77.7 Å². The highest BCUT2D eigenvalue weighted by atomic mass is 32.2. The predicted octanol–water partition coefficient (Wildman–Crippen LogP) is 3.26. The zero-order valence-corrected chi connectivity index (χ0v) is 18.2. The molecule has 164 valence electrons. The van der Waals surface area contributed by atoms with Crippen LogP contribution >= 0.6 is 0 Å². The number of benzene rings is 3. The minimum atomic E-state index is -3.57. The first-order valence-electron chi connectivity index (χ1n) is 9.76. The third kappa shape index (κ3) is 4.20. The third-order valence-electron chi connectivity index (χ3n) is 4.98. The summed E-state index contributed by atoms with van der Waals surface area (Å²) < 4.78 is 31.3. The highest BCUT2D eigenvalue weighted by molar-refractivity contribution is 7.89. The van der Waals surface area contributed by atoms with Gasteiger partial charge in [0, 0.05) is 30.9 Å². The van der Waals surface area contributed by atoms with Gasteiger partial charge in [0.05, 0.1) is 10.6 Å². The van der Waals surface area contributed by atoms with Crippen molar-refractivity contribution >= 4 is 33.2 Å². The van der Waals surface area contributed by atoms with Gasteiger partial charge in [-0.2, -0.15) is 0 Å². The van der Waals surface area contributed by atoms with Crippen LogP contribution in [0, 0.1) is 0 Å². The molecule has 0 saturated heterocycles. The second-order valence-electron chi connectivity index (χ2n) is 7.37. The average Bonchev–Trinajstić information content (AvgIpc) is 2.79. The first kappa shape index (κ1) is 21.5. The summed E-state index contributed by atoms with van der Waals surface area (Å²) in [5.41, 5.74) is 1.95. The van der Waals surface area contributed by atoms with Crippen molar-refractivity contribution in [2.75, 3.05) is 24.7 Å². The summed E-state index contributed by atoms with van der Waals surface area (Å²) in [6.45, 7) is 0. The van der Waals surface area contributed by atoms with E-state index in [-0.39, 0.29) is 10.8 Å². The van der Waals surface area contributed by atoms with Crippen LogP contribution in [0.1, 0.15) is 22.0 Å². The van der Waals surface area contributed by atoms with E-state index in [2.05, 4.69) is 10.6 Å². The van der Waals surface area contributed by atoms with E-state index in [1.165, 1.54) is 38.4 Å². The van der Waals surface area contributed by atoms with Crippen molar-refractivity contribution in [1.29, 1.82) is 0 Å². The summed E-state index contributed by atoms with van der Waals surface area (Å²) >= 11 is 0. The molecule has 4 rings (SSSR count). The number of amides is 2. The molecule has 3 aromatic rings. The van der Waals surface area contributed by atoms with Crippen LogP contribution in [0.2, 0.25) is 0 Å². The van der Waals surface area contributed by atoms with Crippen LogP contribution in [0.5, 0.6) is 5.75 Å². The maximum atomic E-state index is 12.6. The first-order chi connectivity index (χ1) is 15.3. The standard InChI is InChI=1S/C23H21N3O5S/c1-26(2)32(29,30)18-11-8-16(9-12-18)22(27)24-17-10-13-20-19(14-17)25-23(28)21(31-20)15-6-4-3-5-7-15/h3-14,21H,1-2H3,(H,24,27)(H,25,28). The van der Waals surface area contributed by atoms with Crippen LogP contribution in [0.4, 0.5) is 11.4 Å². The Balaban J connectivity index is 1.49. The minimum Gasteiger partial charge on any atom is -0.474 e. The summed E-state index contributed by atoms with van der Waals surface area (Å²) in [4.78, 5) is 25.2. The molecule has 1 aliphatic rings. The van der Waals surface area contributed by atoms with Gasteiger partial charge in [-0.05, 0) is 42.5 Å². The fourth-order valence-electron chi connectivity index (χ4n) is 3.23. The molecule has 3 aromatic carbocycles. The van der Waals surface area contributed by atoms with Gasteiger partial charge in [-0.3, -0.25) is 9.59 Å². The molecule has 0 saturated carbocycles. The quantitative estimate of drug-likeness (QED) is 0.620. The number of anilines is 2. The monoisotopic (exact) mass is 451 g/mol. The minimum absolute atomic E-state index is 0.0978. The topological polar surface area (TPSA) is 105 Å². The lowest BCUT2D eigenvalue weighted by Crippen LogP contribution is -2.30. The summed E-state index contributed by atoms with van der Waals surface area (Å²) in [7, 11) is -0.689. The van der Waals surface area contributed by atoms with Crippen molar-refractivity contribution in [1.82, 2.24) is 4.31 Å². The van der Waals surface area contributed by atoms with E-state index in [1.54, 1.807) is 18.2 Å². The van der Waals surface area contributed by atoms with Gasteiger partial charge >= 0.3 is 0 Å². The molecular formula is C23H21N3O5S. The molecule has 2 amide bonds. The highest BCUT2D eigenvalue weighted by Crippen LogP contribution is 2.36. The van der Waals surface area contributed by atoms with E-state index in [0.29, 0.717) is 22.7 Å². The van der Waals surface area contributed by atoms with Crippen LogP contribution in [-0.2, 0) is 14.8 Å². The van der Waals surface area contributed by atoms with Crippen LogP contribution in [-0.4, -0.2) is 38.6 Å². The second kappa shape index (κ2) is 8.45. The molecular weight excluding hydrogens is 430 g/mol. The SMILES string of the molecule is CN(C)S(=O)(=O)c1ccc(C(=O)Nc2ccc3c(c2)NC(=O)C(c2ccccc2)O3)cc1. The normalized spacial score (nSPS) is 15.5. The maximum absolute atomic E-state index is 12.6. The van der Waals surface area contributed by atoms with Crippen LogP contribution in [0.3, 0.4) is 0 Å². The van der Waals surface area contributed by atoms with Crippen molar-refractivity contribution in [3.8, 4) is 5.75 Å². The molecule has 0 fully saturated rings. The molecule has 0 aliphatic carbocycles. The zero-order valence-electron chi connectivity index (χ0n) is 17.4. The largest absolute Gasteiger partial charge is 0.474 e. The highest BCUT2D eigenvalue weighted by Gasteiger charge is 2.29. The third-order valence-corrected chi connectivity index (χ3v) is 6.80. The summed E-state index contributed by atoms with van der Waals surface area (Å²) in [6.07, 6.45) is -0.749. The number of fused-ring (bicyclic) bond motifs is 1. The predicted molar refractivity (Wildman–Crippen MR) is 120 cm³/mol. The molecule has 1 heterocycles. The van der Waals surface area contributed by atoms with E-state index in [1.807, 2.05) is 30.3 Å². The summed E-state index contributed by atoms with van der Waals surface area (Å²) in [5, 5.41) is 5.55. The van der Waals surface area contributed by atoms with Gasteiger partial charge in [-0.25, -0.2) is 12.7 Å². The van der Waals surface area contributed by atoms with E-state index in [0.717, 1.165) is 9.87 Å². The van der Waals surface area contributed by atoms with Crippen LogP contribution in [0.25, 0.3) is 0 Å². The number of hydrogen-bond donors (Lipinski definition) is 2. The van der Waals surface area contributed by atoms with Gasteiger partial charge in [-0.15, -0.1) is 0 Å². The van der Waals surface area contributed by atoms with Gasteiger partial charge in [0.15, 0.2) is 0 Å². The Hall–Kier alpha value is -3.69. The molecule has 2 N–H and O–H groups in total. The zero-order chi connectivity index (χ0) is 22.9. The molecule has 1 atom stereocenters. The lowest BCUT2D eigenvalue weighted by atomic mass is 10.1. The van der Waals surface area contributed by atoms with Crippen molar-refractivity contribution < 1.29 is 22.7 Å². The molecule has 1 aliphatic heterocycles. The molecule has 1 unspecified atom stereocenters. The maximum Gasteiger partial charge on any atom is 0.270 e. The Morgan fingerprint density at radius 3 is 2.34 bits per heavy atom. The fourth-order valence-corrected chi connectivity index (χ4v) is 4.13. The average molecular weight is 452 g/mol. The van der Waals surface area contributed by atoms with Gasteiger partial charge in [0.25, 0.3) is 11.8 Å². The Labute approximate surface area is 185 Å². The number of hydrogen-bond acceptors (Lipinski definition) is 5. The molecule has 0 spiro atoms. The first-order valence-corrected chi connectivity index (χ1v) is 11.2. The lowest BCUT2D eigenvalue weighted by Gasteiger charge is -2.26. The van der Waals surface area contributed by atoms with Gasteiger partial charge in [-0.1, -0.05) is 30.3 Å². The molecule has 0 aromatic heterocycles. The number of carbonyl (C=O) groups excluding carboxylic acids is 2. The molecule has 32 heavy (non-hydrogen) atoms. The molecule has 0 radical (unpaired) electrons. The summed E-state index contributed by atoms with van der Waals surface area (Å²) in [5.74, 6) is -0.219. The van der Waals surface area contributed by atoms with E-state index < -0.39 is 22.0 Å². The number of nitrogens with zero attached hydrogens (tertiary/aromatic N) is 1. The number of rotatable bonds is 5. The Bertz CT molecular complexity index is 1270. The fraction of sp³-hybridized carbons (Fsp3) is 0.130. The van der Waals surface area contributed by atoms with Crippen LogP contribution < -0.4 is 15.4 Å².